The summed E-state index contributed by atoms with van der Waals surface area (Å²) in [6.45, 7) is 5.23. The molecule has 0 atom stereocenters. The van der Waals surface area contributed by atoms with Crippen LogP contribution < -0.4 is 16.1 Å². The Kier molecular flexibility index (Phi) is 6.67. The maximum atomic E-state index is 13.4. The van der Waals surface area contributed by atoms with Gasteiger partial charge in [0.05, 0.1) is 28.7 Å². The molecule has 9 nitrogen and oxygen atoms in total. The molecule has 0 radical (unpaired) electrons. The summed E-state index contributed by atoms with van der Waals surface area (Å²) in [5.41, 5.74) is -0.733. The Morgan fingerprint density at radius 2 is 1.65 bits per heavy atom. The summed E-state index contributed by atoms with van der Waals surface area (Å²) in [6, 6.07) is 15.5. The standard InChI is InChI=1S/C27H24FN3O6/c1-27(2,3)37-26(36)30(15-16-4-8-18(28)9-5-16)20-12-13-21-22(14-20)29-25(35)31(23(21)32)19-10-6-17(7-11-19)24(33)34/h4-14H,15H2,1-3H3,(H,29,35)(H,33,34). The smallest absolute Gasteiger partial charge is 0.415 e. The van der Waals surface area contributed by atoms with Crippen molar-refractivity contribution in [1.29, 1.82) is 0 Å². The van der Waals surface area contributed by atoms with Crippen molar-refractivity contribution in [1.82, 2.24) is 9.55 Å². The molecule has 1 amide bonds. The summed E-state index contributed by atoms with van der Waals surface area (Å²) in [4.78, 5) is 54.2. The van der Waals surface area contributed by atoms with Gasteiger partial charge in [0.2, 0.25) is 0 Å². The zero-order chi connectivity index (χ0) is 26.9. The van der Waals surface area contributed by atoms with E-state index in [2.05, 4.69) is 4.98 Å². The molecule has 0 saturated heterocycles. The van der Waals surface area contributed by atoms with Crippen molar-refractivity contribution in [3.63, 3.8) is 0 Å². The number of carboxylic acids is 1. The number of hydrogen-bond acceptors (Lipinski definition) is 5. The number of H-pyrrole nitrogens is 1. The maximum Gasteiger partial charge on any atom is 0.415 e. The lowest BCUT2D eigenvalue weighted by atomic mass is 10.1. The van der Waals surface area contributed by atoms with E-state index in [9.17, 15) is 23.6 Å². The van der Waals surface area contributed by atoms with Crippen molar-refractivity contribution < 1.29 is 23.8 Å². The van der Waals surface area contributed by atoms with Gasteiger partial charge in [-0.1, -0.05) is 12.1 Å². The molecule has 4 rings (SSSR count). The van der Waals surface area contributed by atoms with E-state index in [1.165, 1.54) is 53.4 Å². The van der Waals surface area contributed by atoms with E-state index in [1.54, 1.807) is 39.0 Å². The number of carboxylic acid groups (broad SMARTS) is 1. The normalized spacial score (nSPS) is 11.4. The lowest BCUT2D eigenvalue weighted by Gasteiger charge is -2.27. The van der Waals surface area contributed by atoms with Crippen LogP contribution in [0.4, 0.5) is 14.9 Å². The predicted molar refractivity (Wildman–Crippen MR) is 136 cm³/mol. The number of aromatic amines is 1. The van der Waals surface area contributed by atoms with Crippen LogP contribution >= 0.6 is 0 Å². The minimum Gasteiger partial charge on any atom is -0.478 e. The molecule has 0 unspecified atom stereocenters. The van der Waals surface area contributed by atoms with Crippen LogP contribution in [0.1, 0.15) is 36.7 Å². The van der Waals surface area contributed by atoms with Gasteiger partial charge in [0.1, 0.15) is 11.4 Å². The fraction of sp³-hybridized carbons (Fsp3) is 0.185. The summed E-state index contributed by atoms with van der Waals surface area (Å²) in [5, 5.41) is 9.26. The highest BCUT2D eigenvalue weighted by Gasteiger charge is 2.24. The third-order valence-electron chi connectivity index (χ3n) is 5.43. The second-order valence-corrected chi connectivity index (χ2v) is 9.35. The number of carbonyl (C=O) groups is 2. The summed E-state index contributed by atoms with van der Waals surface area (Å²) in [7, 11) is 0. The molecule has 0 aliphatic rings. The molecule has 37 heavy (non-hydrogen) atoms. The average Bonchev–Trinajstić information content (AvgIpc) is 2.82. The first-order chi connectivity index (χ1) is 17.4. The number of aromatic carboxylic acids is 1. The Bertz CT molecular complexity index is 1600. The van der Waals surface area contributed by atoms with E-state index >= 15 is 0 Å². The number of hydrogen-bond donors (Lipinski definition) is 2. The van der Waals surface area contributed by atoms with E-state index < -0.39 is 34.7 Å². The Labute approximate surface area is 210 Å². The fourth-order valence-corrected chi connectivity index (χ4v) is 3.71. The number of fused-ring (bicyclic) bond motifs is 1. The average molecular weight is 506 g/mol. The minimum atomic E-state index is -1.13. The predicted octanol–water partition coefficient (Wildman–Crippen LogP) is 4.46. The van der Waals surface area contributed by atoms with Crippen LogP contribution in [0.5, 0.6) is 0 Å². The zero-order valence-corrected chi connectivity index (χ0v) is 20.3. The van der Waals surface area contributed by atoms with Gasteiger partial charge in [0.15, 0.2) is 0 Å². The maximum absolute atomic E-state index is 13.4. The Balaban J connectivity index is 1.78. The number of ether oxygens (including phenoxy) is 1. The zero-order valence-electron chi connectivity index (χ0n) is 20.3. The van der Waals surface area contributed by atoms with Gasteiger partial charge in [-0.2, -0.15) is 0 Å². The van der Waals surface area contributed by atoms with Gasteiger partial charge in [0.25, 0.3) is 5.56 Å². The Morgan fingerprint density at radius 1 is 1.00 bits per heavy atom. The van der Waals surface area contributed by atoms with Gasteiger partial charge in [-0.05, 0) is 80.9 Å². The Hall–Kier alpha value is -4.73. The number of carbonyl (C=O) groups excluding carboxylic acids is 1. The molecule has 0 fully saturated rings. The summed E-state index contributed by atoms with van der Waals surface area (Å²) < 4.78 is 19.8. The fourth-order valence-electron chi connectivity index (χ4n) is 3.71. The second-order valence-electron chi connectivity index (χ2n) is 9.35. The van der Waals surface area contributed by atoms with Crippen LogP contribution in [0.25, 0.3) is 16.6 Å². The minimum absolute atomic E-state index is 0.0158. The molecule has 190 valence electrons. The first-order valence-electron chi connectivity index (χ1n) is 11.3. The molecular weight excluding hydrogens is 481 g/mol. The van der Waals surface area contributed by atoms with Crippen LogP contribution in [0.2, 0.25) is 0 Å². The van der Waals surface area contributed by atoms with E-state index in [0.29, 0.717) is 11.3 Å². The van der Waals surface area contributed by atoms with Gasteiger partial charge in [-0.25, -0.2) is 23.3 Å². The molecule has 10 heteroatoms. The van der Waals surface area contributed by atoms with Crippen molar-refractivity contribution in [2.75, 3.05) is 4.90 Å². The molecule has 0 aliphatic heterocycles. The Morgan fingerprint density at radius 3 is 2.24 bits per heavy atom. The largest absolute Gasteiger partial charge is 0.478 e. The van der Waals surface area contributed by atoms with Gasteiger partial charge in [-0.15, -0.1) is 0 Å². The van der Waals surface area contributed by atoms with Gasteiger partial charge in [-0.3, -0.25) is 9.69 Å². The van der Waals surface area contributed by atoms with E-state index in [4.69, 9.17) is 9.84 Å². The molecule has 1 heterocycles. The molecule has 4 aromatic rings. The van der Waals surface area contributed by atoms with Crippen LogP contribution in [0.3, 0.4) is 0 Å². The number of halogens is 1. The first kappa shape index (κ1) is 25.4. The highest BCUT2D eigenvalue weighted by atomic mass is 19.1. The number of aromatic nitrogens is 2. The van der Waals surface area contributed by atoms with Gasteiger partial charge < -0.3 is 14.8 Å². The lowest BCUT2D eigenvalue weighted by Crippen LogP contribution is -2.37. The highest BCUT2D eigenvalue weighted by molar-refractivity contribution is 5.91. The van der Waals surface area contributed by atoms with Gasteiger partial charge >= 0.3 is 17.8 Å². The third kappa shape index (κ3) is 5.58. The van der Waals surface area contributed by atoms with Crippen molar-refractivity contribution in [2.45, 2.75) is 32.9 Å². The topological polar surface area (TPSA) is 122 Å². The number of rotatable bonds is 5. The monoisotopic (exact) mass is 505 g/mol. The van der Waals surface area contributed by atoms with E-state index in [-0.39, 0.29) is 28.7 Å². The molecule has 0 aliphatic carbocycles. The summed E-state index contributed by atoms with van der Waals surface area (Å²) in [6.07, 6.45) is -0.662. The molecular formula is C27H24FN3O6. The SMILES string of the molecule is CC(C)(C)OC(=O)N(Cc1ccc(F)cc1)c1ccc2c(=O)n(-c3ccc(C(=O)O)cc3)c(=O)[nH]c2c1. The van der Waals surface area contributed by atoms with Crippen LogP contribution in [0, 0.1) is 5.82 Å². The van der Waals surface area contributed by atoms with Crippen LogP contribution in [-0.4, -0.2) is 32.3 Å². The molecule has 0 spiro atoms. The lowest BCUT2D eigenvalue weighted by molar-refractivity contribution is 0.0576. The first-order valence-corrected chi connectivity index (χ1v) is 11.3. The quantitative estimate of drug-likeness (QED) is 0.413. The van der Waals surface area contributed by atoms with Crippen molar-refractivity contribution in [3.05, 3.63) is 105 Å². The molecule has 0 saturated carbocycles. The number of benzene rings is 3. The van der Waals surface area contributed by atoms with Crippen molar-refractivity contribution in [3.8, 4) is 5.69 Å². The summed E-state index contributed by atoms with van der Waals surface area (Å²) >= 11 is 0. The van der Waals surface area contributed by atoms with Crippen molar-refractivity contribution in [2.24, 2.45) is 0 Å². The molecule has 1 aromatic heterocycles. The van der Waals surface area contributed by atoms with Crippen molar-refractivity contribution >= 4 is 28.7 Å². The number of anilines is 1. The van der Waals surface area contributed by atoms with E-state index in [0.717, 1.165) is 4.57 Å². The molecule has 3 aromatic carbocycles. The van der Waals surface area contributed by atoms with E-state index in [1.807, 2.05) is 0 Å². The molecule has 2 N–H and O–H groups in total. The molecule has 0 bridgehead atoms. The number of nitrogens with one attached hydrogen (secondary N) is 1. The highest BCUT2D eigenvalue weighted by Crippen LogP contribution is 2.24. The van der Waals surface area contributed by atoms with Crippen LogP contribution in [-0.2, 0) is 11.3 Å². The van der Waals surface area contributed by atoms with Gasteiger partial charge in [0, 0.05) is 5.69 Å². The third-order valence-corrected chi connectivity index (χ3v) is 5.43. The summed E-state index contributed by atoms with van der Waals surface area (Å²) in [5.74, 6) is -1.54. The number of nitrogens with zero attached hydrogens (tertiary/aromatic N) is 2. The van der Waals surface area contributed by atoms with Crippen LogP contribution in [0.15, 0.2) is 76.3 Å². The number of amides is 1. The second kappa shape index (κ2) is 9.73.